The molecule has 0 radical (unpaired) electrons. The van der Waals surface area contributed by atoms with Gasteiger partial charge in [-0.1, -0.05) is 11.2 Å². The first-order valence-electron chi connectivity index (χ1n) is 6.06. The molecule has 2 rings (SSSR count). The van der Waals surface area contributed by atoms with Crippen molar-refractivity contribution in [3.63, 3.8) is 0 Å². The van der Waals surface area contributed by atoms with Crippen LogP contribution in [0.5, 0.6) is 0 Å². The number of hydrogen-bond acceptors (Lipinski definition) is 5. The smallest absolute Gasteiger partial charge is 0.335 e. The van der Waals surface area contributed by atoms with Gasteiger partial charge in [-0.05, 0) is 31.5 Å². The molecule has 1 aromatic carbocycles. The third-order valence-corrected chi connectivity index (χ3v) is 4.46. The molecule has 0 saturated carbocycles. The molecule has 0 atom stereocenters. The highest BCUT2D eigenvalue weighted by atomic mass is 32.2. The minimum Gasteiger partial charge on any atom is -0.478 e. The van der Waals surface area contributed by atoms with E-state index < -0.39 is 16.0 Å². The number of nitrogens with one attached hydrogen (secondary N) is 1. The van der Waals surface area contributed by atoms with Gasteiger partial charge in [0.25, 0.3) is 0 Å². The van der Waals surface area contributed by atoms with E-state index in [1.54, 1.807) is 13.0 Å². The number of aromatic carboxylic acids is 1. The first kappa shape index (κ1) is 15.2. The Hall–Kier alpha value is -2.19. The van der Waals surface area contributed by atoms with Crippen molar-refractivity contribution in [2.75, 3.05) is 0 Å². The van der Waals surface area contributed by atoms with Crippen molar-refractivity contribution >= 4 is 16.0 Å². The lowest BCUT2D eigenvalue weighted by Crippen LogP contribution is -2.24. The number of sulfonamides is 1. The van der Waals surface area contributed by atoms with Gasteiger partial charge in [0.2, 0.25) is 10.0 Å². The quantitative estimate of drug-likeness (QED) is 0.865. The zero-order valence-electron chi connectivity index (χ0n) is 11.5. The van der Waals surface area contributed by atoms with Crippen molar-refractivity contribution in [2.24, 2.45) is 0 Å². The van der Waals surface area contributed by atoms with Gasteiger partial charge in [-0.15, -0.1) is 0 Å². The van der Waals surface area contributed by atoms with Crippen molar-refractivity contribution in [3.8, 4) is 0 Å². The Labute approximate surface area is 121 Å². The number of carbonyl (C=O) groups is 1. The third-order valence-electron chi connectivity index (χ3n) is 2.92. The molecule has 0 unspecified atom stereocenters. The van der Waals surface area contributed by atoms with Crippen LogP contribution in [0.4, 0.5) is 0 Å². The Morgan fingerprint density at radius 3 is 2.67 bits per heavy atom. The summed E-state index contributed by atoms with van der Waals surface area (Å²) in [6, 6.07) is 5.72. The molecule has 2 N–H and O–H groups in total. The molecule has 21 heavy (non-hydrogen) atoms. The van der Waals surface area contributed by atoms with Gasteiger partial charge in [-0.2, -0.15) is 0 Å². The number of benzene rings is 1. The minimum atomic E-state index is -3.84. The number of carboxylic acids is 1. The van der Waals surface area contributed by atoms with E-state index >= 15 is 0 Å². The van der Waals surface area contributed by atoms with E-state index in [0.29, 0.717) is 11.5 Å². The number of hydrogen-bond donors (Lipinski definition) is 2. The predicted octanol–water partition coefficient (Wildman–Crippen LogP) is 1.47. The largest absolute Gasteiger partial charge is 0.478 e. The second-order valence-electron chi connectivity index (χ2n) is 4.49. The summed E-state index contributed by atoms with van der Waals surface area (Å²) in [7, 11) is -3.84. The summed E-state index contributed by atoms with van der Waals surface area (Å²) < 4.78 is 31.8. The highest BCUT2D eigenvalue weighted by Gasteiger charge is 2.20. The van der Waals surface area contributed by atoms with Gasteiger partial charge in [-0.3, -0.25) is 0 Å². The molecule has 7 nitrogen and oxygen atoms in total. The number of rotatable bonds is 5. The van der Waals surface area contributed by atoms with E-state index in [1.807, 2.05) is 0 Å². The van der Waals surface area contributed by atoms with Crippen LogP contribution in [-0.2, 0) is 16.6 Å². The molecule has 1 aromatic heterocycles. The second kappa shape index (κ2) is 5.66. The second-order valence-corrected chi connectivity index (χ2v) is 6.23. The van der Waals surface area contributed by atoms with Crippen LogP contribution in [-0.4, -0.2) is 24.7 Å². The summed E-state index contributed by atoms with van der Waals surface area (Å²) in [4.78, 5) is 11.0. The predicted molar refractivity (Wildman–Crippen MR) is 73.4 cm³/mol. The van der Waals surface area contributed by atoms with E-state index in [-0.39, 0.29) is 22.6 Å². The first-order valence-corrected chi connectivity index (χ1v) is 7.54. The molecule has 2 aromatic rings. The zero-order chi connectivity index (χ0) is 15.6. The fraction of sp³-hybridized carbons (Fsp3) is 0.231. The number of aromatic nitrogens is 1. The maximum atomic E-state index is 12.2. The van der Waals surface area contributed by atoms with E-state index in [4.69, 9.17) is 9.63 Å². The van der Waals surface area contributed by atoms with Crippen LogP contribution in [0.3, 0.4) is 0 Å². The monoisotopic (exact) mass is 310 g/mol. The molecule has 1 heterocycles. The number of aryl methyl sites for hydroxylation is 1. The van der Waals surface area contributed by atoms with Crippen molar-refractivity contribution < 1.29 is 22.8 Å². The van der Waals surface area contributed by atoms with Crippen LogP contribution in [0.1, 0.15) is 27.4 Å². The first-order chi connectivity index (χ1) is 9.81. The molecule has 0 amide bonds. The normalized spacial score (nSPS) is 11.5. The van der Waals surface area contributed by atoms with Gasteiger partial charge >= 0.3 is 5.97 Å². The fourth-order valence-electron chi connectivity index (χ4n) is 1.88. The van der Waals surface area contributed by atoms with Crippen LogP contribution in [0, 0.1) is 13.8 Å². The maximum Gasteiger partial charge on any atom is 0.335 e. The molecule has 0 aliphatic heterocycles. The lowest BCUT2D eigenvalue weighted by molar-refractivity contribution is 0.0696. The molecule has 0 bridgehead atoms. The molecule has 0 aliphatic rings. The number of carboxylic acid groups (broad SMARTS) is 1. The summed E-state index contributed by atoms with van der Waals surface area (Å²) in [5.74, 6) is -0.793. The van der Waals surface area contributed by atoms with Crippen molar-refractivity contribution in [3.05, 3.63) is 46.8 Å². The zero-order valence-corrected chi connectivity index (χ0v) is 12.3. The van der Waals surface area contributed by atoms with Gasteiger partial charge in [-0.25, -0.2) is 17.9 Å². The lowest BCUT2D eigenvalue weighted by Gasteiger charge is -2.10. The lowest BCUT2D eigenvalue weighted by atomic mass is 10.1. The van der Waals surface area contributed by atoms with Gasteiger partial charge in [0.05, 0.1) is 22.7 Å². The standard InChI is InChI=1S/C13H14N2O5S/c1-8-6-10(20-15-8)7-14-21(18,19)12-5-3-4-11(9(12)2)13(16)17/h3-6,14H,7H2,1-2H3,(H,16,17). The van der Waals surface area contributed by atoms with Crippen molar-refractivity contribution in [1.82, 2.24) is 9.88 Å². The Morgan fingerprint density at radius 1 is 1.38 bits per heavy atom. The molecule has 0 spiro atoms. The summed E-state index contributed by atoms with van der Waals surface area (Å²) in [5, 5.41) is 12.7. The van der Waals surface area contributed by atoms with Gasteiger partial charge in [0.1, 0.15) is 0 Å². The Bertz CT molecular complexity index is 780. The Morgan fingerprint density at radius 2 is 2.10 bits per heavy atom. The number of nitrogens with zero attached hydrogens (tertiary/aromatic N) is 1. The highest BCUT2D eigenvalue weighted by molar-refractivity contribution is 7.89. The third kappa shape index (κ3) is 3.29. The fourth-order valence-corrected chi connectivity index (χ4v) is 3.14. The van der Waals surface area contributed by atoms with Crippen LogP contribution in [0.25, 0.3) is 0 Å². The van der Waals surface area contributed by atoms with E-state index in [1.165, 1.54) is 25.1 Å². The molecular formula is C13H14N2O5S. The molecule has 0 aliphatic carbocycles. The molecular weight excluding hydrogens is 296 g/mol. The van der Waals surface area contributed by atoms with Crippen LogP contribution >= 0.6 is 0 Å². The van der Waals surface area contributed by atoms with Crippen LogP contribution in [0.2, 0.25) is 0 Å². The summed E-state index contributed by atoms with van der Waals surface area (Å²) in [6.07, 6.45) is 0. The molecule has 112 valence electrons. The molecule has 8 heteroatoms. The topological polar surface area (TPSA) is 110 Å². The van der Waals surface area contributed by atoms with Gasteiger partial charge in [0, 0.05) is 6.07 Å². The van der Waals surface area contributed by atoms with E-state index in [9.17, 15) is 13.2 Å². The van der Waals surface area contributed by atoms with Crippen LogP contribution < -0.4 is 4.72 Å². The minimum absolute atomic E-state index is 0.0478. The Balaban J connectivity index is 2.27. The summed E-state index contributed by atoms with van der Waals surface area (Å²) >= 11 is 0. The summed E-state index contributed by atoms with van der Waals surface area (Å²) in [5.41, 5.74) is 0.785. The summed E-state index contributed by atoms with van der Waals surface area (Å²) in [6.45, 7) is 3.12. The average molecular weight is 310 g/mol. The van der Waals surface area contributed by atoms with E-state index in [2.05, 4.69) is 9.88 Å². The average Bonchev–Trinajstić information content (AvgIpc) is 2.82. The SMILES string of the molecule is Cc1cc(CNS(=O)(=O)c2cccc(C(=O)O)c2C)on1. The van der Waals surface area contributed by atoms with Crippen LogP contribution in [0.15, 0.2) is 33.7 Å². The van der Waals surface area contributed by atoms with Gasteiger partial charge < -0.3 is 9.63 Å². The van der Waals surface area contributed by atoms with Gasteiger partial charge in [0.15, 0.2) is 5.76 Å². The highest BCUT2D eigenvalue weighted by Crippen LogP contribution is 2.19. The van der Waals surface area contributed by atoms with Crippen molar-refractivity contribution in [2.45, 2.75) is 25.3 Å². The maximum absolute atomic E-state index is 12.2. The van der Waals surface area contributed by atoms with E-state index in [0.717, 1.165) is 0 Å². The molecule has 0 fully saturated rings. The molecule has 0 saturated heterocycles. The Kier molecular flexibility index (Phi) is 4.10. The van der Waals surface area contributed by atoms with Crippen molar-refractivity contribution in [1.29, 1.82) is 0 Å².